The molecule has 23 heavy (non-hydrogen) atoms. The van der Waals surface area contributed by atoms with Crippen LogP contribution in [0.5, 0.6) is 0 Å². The van der Waals surface area contributed by atoms with Crippen LogP contribution < -0.4 is 0 Å². The Labute approximate surface area is 137 Å². The molecule has 1 aromatic carbocycles. The summed E-state index contributed by atoms with van der Waals surface area (Å²) in [6.45, 7) is 0.313. The quantitative estimate of drug-likeness (QED) is 0.817. The highest BCUT2D eigenvalue weighted by Crippen LogP contribution is 2.35. The summed E-state index contributed by atoms with van der Waals surface area (Å²) < 4.78 is 11.5. The number of hydrogen-bond donors (Lipinski definition) is 1. The first-order valence-corrected chi connectivity index (χ1v) is 8.76. The molecule has 0 saturated heterocycles. The number of esters is 1. The molecular formula is C19H26O4. The molecule has 1 N–H and O–H groups in total. The van der Waals surface area contributed by atoms with Crippen molar-refractivity contribution in [2.24, 2.45) is 0 Å². The van der Waals surface area contributed by atoms with Gasteiger partial charge in [-0.2, -0.15) is 0 Å². The molecule has 126 valence electrons. The average Bonchev–Trinajstić information content (AvgIpc) is 3.21. The molecular weight excluding hydrogens is 292 g/mol. The molecule has 4 nitrogen and oxygen atoms in total. The Bertz CT molecular complexity index is 501. The topological polar surface area (TPSA) is 55.8 Å². The summed E-state index contributed by atoms with van der Waals surface area (Å²) in [6, 6.07) is 9.74. The molecule has 0 radical (unpaired) electrons. The van der Waals surface area contributed by atoms with Crippen molar-refractivity contribution < 1.29 is 19.4 Å². The number of carbonyl (C=O) groups excluding carboxylic acids is 1. The smallest absolute Gasteiger partial charge is 0.338 e. The predicted octanol–water partition coefficient (Wildman–Crippen LogP) is 3.36. The third-order valence-electron chi connectivity index (χ3n) is 5.02. The van der Waals surface area contributed by atoms with Crippen LogP contribution >= 0.6 is 0 Å². The molecule has 1 atom stereocenters. The Morgan fingerprint density at radius 2 is 1.78 bits per heavy atom. The van der Waals surface area contributed by atoms with Crippen LogP contribution in [0.25, 0.3) is 0 Å². The fourth-order valence-corrected chi connectivity index (χ4v) is 3.68. The number of benzene rings is 1. The summed E-state index contributed by atoms with van der Waals surface area (Å²) in [6.07, 6.45) is 6.25. The summed E-state index contributed by atoms with van der Waals surface area (Å²) in [4.78, 5) is 12.6. The molecule has 1 unspecified atom stereocenters. The normalized spacial score (nSPS) is 22.1. The molecule has 0 bridgehead atoms. The van der Waals surface area contributed by atoms with Gasteiger partial charge < -0.3 is 14.6 Å². The van der Waals surface area contributed by atoms with E-state index in [4.69, 9.17) is 9.47 Å². The van der Waals surface area contributed by atoms with Gasteiger partial charge in [0.25, 0.3) is 0 Å². The lowest BCUT2D eigenvalue weighted by molar-refractivity contribution is -0.183. The minimum absolute atomic E-state index is 0.00433. The SMILES string of the molecule is O=C(OC1CCCC1)C(OCc1ccccc1)C1(O)CCCC1. The maximum absolute atomic E-state index is 12.6. The zero-order valence-electron chi connectivity index (χ0n) is 13.6. The van der Waals surface area contributed by atoms with Crippen molar-refractivity contribution in [2.45, 2.75) is 75.8 Å². The molecule has 2 fully saturated rings. The highest BCUT2D eigenvalue weighted by Gasteiger charge is 2.46. The lowest BCUT2D eigenvalue weighted by atomic mass is 9.94. The monoisotopic (exact) mass is 318 g/mol. The first-order chi connectivity index (χ1) is 11.2. The van der Waals surface area contributed by atoms with Crippen LogP contribution in [-0.4, -0.2) is 28.9 Å². The minimum atomic E-state index is -1.08. The summed E-state index contributed by atoms with van der Waals surface area (Å²) in [5.41, 5.74) is -0.0856. The summed E-state index contributed by atoms with van der Waals surface area (Å²) in [5, 5.41) is 10.8. The van der Waals surface area contributed by atoms with Crippen LogP contribution in [0.3, 0.4) is 0 Å². The van der Waals surface area contributed by atoms with Gasteiger partial charge in [0.2, 0.25) is 0 Å². The van der Waals surface area contributed by atoms with Crippen LogP contribution in [0, 0.1) is 0 Å². The van der Waals surface area contributed by atoms with Gasteiger partial charge in [-0.05, 0) is 44.1 Å². The van der Waals surface area contributed by atoms with E-state index in [-0.39, 0.29) is 6.10 Å². The second-order valence-electron chi connectivity index (χ2n) is 6.83. The van der Waals surface area contributed by atoms with Crippen molar-refractivity contribution in [3.05, 3.63) is 35.9 Å². The van der Waals surface area contributed by atoms with E-state index >= 15 is 0 Å². The fourth-order valence-electron chi connectivity index (χ4n) is 3.68. The molecule has 2 aliphatic rings. The van der Waals surface area contributed by atoms with E-state index in [1.54, 1.807) is 0 Å². The van der Waals surface area contributed by atoms with Crippen molar-refractivity contribution in [3.8, 4) is 0 Å². The van der Waals surface area contributed by atoms with Crippen LogP contribution in [0.1, 0.15) is 56.9 Å². The first kappa shape index (κ1) is 16.5. The van der Waals surface area contributed by atoms with E-state index < -0.39 is 17.7 Å². The van der Waals surface area contributed by atoms with Gasteiger partial charge in [0.1, 0.15) is 11.7 Å². The van der Waals surface area contributed by atoms with E-state index in [9.17, 15) is 9.90 Å². The zero-order valence-corrected chi connectivity index (χ0v) is 13.6. The van der Waals surface area contributed by atoms with Crippen molar-refractivity contribution in [1.29, 1.82) is 0 Å². The van der Waals surface area contributed by atoms with Crippen LogP contribution in [-0.2, 0) is 20.9 Å². The van der Waals surface area contributed by atoms with Gasteiger partial charge in [0.15, 0.2) is 6.10 Å². The van der Waals surface area contributed by atoms with Crippen molar-refractivity contribution in [1.82, 2.24) is 0 Å². The zero-order chi connectivity index (χ0) is 16.1. The number of rotatable bonds is 6. The third-order valence-corrected chi connectivity index (χ3v) is 5.02. The van der Waals surface area contributed by atoms with E-state index in [2.05, 4.69) is 0 Å². The van der Waals surface area contributed by atoms with Gasteiger partial charge in [-0.3, -0.25) is 0 Å². The Balaban J connectivity index is 1.66. The first-order valence-electron chi connectivity index (χ1n) is 8.76. The van der Waals surface area contributed by atoms with Crippen LogP contribution in [0.15, 0.2) is 30.3 Å². The van der Waals surface area contributed by atoms with Crippen LogP contribution in [0.2, 0.25) is 0 Å². The van der Waals surface area contributed by atoms with E-state index in [1.807, 2.05) is 30.3 Å². The van der Waals surface area contributed by atoms with E-state index in [0.29, 0.717) is 19.4 Å². The van der Waals surface area contributed by atoms with Crippen LogP contribution in [0.4, 0.5) is 0 Å². The molecule has 0 aliphatic heterocycles. The van der Waals surface area contributed by atoms with Crippen molar-refractivity contribution in [2.75, 3.05) is 0 Å². The second kappa shape index (κ2) is 7.45. The highest BCUT2D eigenvalue weighted by molar-refractivity contribution is 5.76. The summed E-state index contributed by atoms with van der Waals surface area (Å²) >= 11 is 0. The molecule has 1 aromatic rings. The van der Waals surface area contributed by atoms with Gasteiger partial charge in [0, 0.05) is 0 Å². The lowest BCUT2D eigenvalue weighted by Crippen LogP contribution is -2.48. The number of hydrogen-bond acceptors (Lipinski definition) is 4. The molecule has 4 heteroatoms. The fraction of sp³-hybridized carbons (Fsp3) is 0.632. The Morgan fingerprint density at radius 1 is 1.13 bits per heavy atom. The molecule has 3 rings (SSSR count). The standard InChI is InChI=1S/C19H26O4/c20-18(23-16-10-4-5-11-16)17(19(21)12-6-7-13-19)22-14-15-8-2-1-3-9-15/h1-3,8-9,16-17,21H,4-7,10-14H2. The van der Waals surface area contributed by atoms with Gasteiger partial charge in [-0.25, -0.2) is 4.79 Å². The highest BCUT2D eigenvalue weighted by atomic mass is 16.6. The number of aliphatic hydroxyl groups is 1. The molecule has 0 spiro atoms. The predicted molar refractivity (Wildman–Crippen MR) is 86.8 cm³/mol. The molecule has 2 aliphatic carbocycles. The minimum Gasteiger partial charge on any atom is -0.460 e. The number of carbonyl (C=O) groups is 1. The van der Waals surface area contributed by atoms with Gasteiger partial charge >= 0.3 is 5.97 Å². The van der Waals surface area contributed by atoms with Gasteiger partial charge in [0.05, 0.1) is 6.61 Å². The van der Waals surface area contributed by atoms with E-state index in [1.165, 1.54) is 0 Å². The van der Waals surface area contributed by atoms with E-state index in [0.717, 1.165) is 44.1 Å². The summed E-state index contributed by atoms with van der Waals surface area (Å²) in [5.74, 6) is -0.391. The second-order valence-corrected chi connectivity index (χ2v) is 6.83. The Morgan fingerprint density at radius 3 is 2.43 bits per heavy atom. The lowest BCUT2D eigenvalue weighted by Gasteiger charge is -2.31. The largest absolute Gasteiger partial charge is 0.460 e. The van der Waals surface area contributed by atoms with Gasteiger partial charge in [-0.15, -0.1) is 0 Å². The average molecular weight is 318 g/mol. The Hall–Kier alpha value is -1.39. The van der Waals surface area contributed by atoms with Crippen molar-refractivity contribution in [3.63, 3.8) is 0 Å². The maximum atomic E-state index is 12.6. The molecule has 0 aromatic heterocycles. The third kappa shape index (κ3) is 4.12. The number of ether oxygens (including phenoxy) is 2. The Kier molecular flexibility index (Phi) is 5.34. The maximum Gasteiger partial charge on any atom is 0.338 e. The van der Waals surface area contributed by atoms with Gasteiger partial charge in [-0.1, -0.05) is 43.2 Å². The molecule has 0 heterocycles. The summed E-state index contributed by atoms with van der Waals surface area (Å²) in [7, 11) is 0. The molecule has 2 saturated carbocycles. The molecule has 0 amide bonds. The van der Waals surface area contributed by atoms with Crippen molar-refractivity contribution >= 4 is 5.97 Å².